The maximum absolute atomic E-state index is 11.0. The van der Waals surface area contributed by atoms with E-state index < -0.39 is 24.5 Å². The van der Waals surface area contributed by atoms with Crippen molar-refractivity contribution in [1.82, 2.24) is 29.6 Å². The predicted octanol–water partition coefficient (Wildman–Crippen LogP) is 2.11. The summed E-state index contributed by atoms with van der Waals surface area (Å²) >= 11 is 0. The smallest absolute Gasteiger partial charge is 0.229 e. The maximum atomic E-state index is 11.0. The Morgan fingerprint density at radius 3 is 2.59 bits per heavy atom. The molecule has 2 aliphatic rings. The number of hydrogen-bond donors (Lipinski definition) is 3. The van der Waals surface area contributed by atoms with Gasteiger partial charge in [-0.25, -0.2) is 4.98 Å². The second kappa shape index (κ2) is 10.5. The zero-order chi connectivity index (χ0) is 26.3. The fourth-order valence-electron chi connectivity index (χ4n) is 5.12. The molecule has 2 aliphatic heterocycles. The summed E-state index contributed by atoms with van der Waals surface area (Å²) in [4.78, 5) is 18.8. The van der Waals surface area contributed by atoms with Crippen LogP contribution < -0.4 is 10.2 Å². The van der Waals surface area contributed by atoms with Crippen molar-refractivity contribution < 1.29 is 19.5 Å². The second-order valence-corrected chi connectivity index (χ2v) is 10.2. The summed E-state index contributed by atoms with van der Waals surface area (Å²) < 4.78 is 13.2. The lowest BCUT2D eigenvalue weighted by molar-refractivity contribution is -0.0434. The highest BCUT2D eigenvalue weighted by Gasteiger charge is 2.47. The summed E-state index contributed by atoms with van der Waals surface area (Å²) in [7, 11) is 4.18. The van der Waals surface area contributed by atoms with E-state index in [9.17, 15) is 10.2 Å². The van der Waals surface area contributed by atoms with E-state index in [0.29, 0.717) is 41.2 Å². The molecule has 3 aromatic heterocycles. The average molecular weight is 515 g/mol. The van der Waals surface area contributed by atoms with E-state index in [4.69, 9.17) is 19.2 Å². The first-order valence-corrected chi connectivity index (χ1v) is 13.2. The molecule has 0 radical (unpaired) electrons. The summed E-state index contributed by atoms with van der Waals surface area (Å²) in [6, 6.07) is 2.41. The molecule has 2 fully saturated rings. The predicted molar refractivity (Wildman–Crippen MR) is 138 cm³/mol. The van der Waals surface area contributed by atoms with E-state index in [1.54, 1.807) is 17.0 Å². The average Bonchev–Trinajstić information content (AvgIpc) is 3.69. The molecule has 5 atom stereocenters. The molecule has 5 heterocycles. The number of aryl methyl sites for hydroxylation is 1. The lowest BCUT2D eigenvalue weighted by atomic mass is 10.1. The van der Waals surface area contributed by atoms with Gasteiger partial charge in [0.15, 0.2) is 29.0 Å². The molecule has 0 saturated carbocycles. The molecule has 0 unspecified atom stereocenters. The minimum Gasteiger partial charge on any atom is -0.387 e. The number of imidazole rings is 1. The van der Waals surface area contributed by atoms with Gasteiger partial charge < -0.3 is 34.6 Å². The van der Waals surface area contributed by atoms with Crippen LogP contribution in [0.2, 0.25) is 0 Å². The zero-order valence-corrected chi connectivity index (χ0v) is 22.2. The fraction of sp³-hybridized carbons (Fsp3) is 0.680. The number of aliphatic hydroxyl groups is 2. The summed E-state index contributed by atoms with van der Waals surface area (Å²) in [5.74, 6) is 1.65. The molecule has 0 spiro atoms. The lowest BCUT2D eigenvalue weighted by Crippen LogP contribution is -2.32. The normalized spacial score (nSPS) is 26.3. The number of anilines is 2. The molecule has 0 aliphatic carbocycles. The molecule has 3 N–H and O–H groups in total. The highest BCUT2D eigenvalue weighted by molar-refractivity contribution is 5.84. The molecular weight excluding hydrogens is 476 g/mol. The van der Waals surface area contributed by atoms with E-state index in [-0.39, 0.29) is 6.04 Å². The van der Waals surface area contributed by atoms with Crippen LogP contribution in [0.1, 0.15) is 63.8 Å². The van der Waals surface area contributed by atoms with Crippen LogP contribution in [0.5, 0.6) is 0 Å². The molecule has 202 valence electrons. The van der Waals surface area contributed by atoms with Gasteiger partial charge in [-0.1, -0.05) is 25.9 Å². The van der Waals surface area contributed by atoms with Crippen LogP contribution >= 0.6 is 0 Å². The SMILES string of the molecule is CCc1cc([C@H]2O[C@@H](n3cnc4c(NC(CC)CC)nc(N5CC[C@@H](N(C)C)C5)nc43)[C@H](O)[C@@H]2O)on1. The summed E-state index contributed by atoms with van der Waals surface area (Å²) in [6.45, 7) is 7.92. The highest BCUT2D eigenvalue weighted by Crippen LogP contribution is 2.40. The molecule has 12 heteroatoms. The molecule has 37 heavy (non-hydrogen) atoms. The van der Waals surface area contributed by atoms with Crippen molar-refractivity contribution in [3.8, 4) is 0 Å². The zero-order valence-electron chi connectivity index (χ0n) is 22.2. The number of ether oxygens (including phenoxy) is 1. The number of aliphatic hydroxyl groups excluding tert-OH is 2. The van der Waals surface area contributed by atoms with E-state index in [0.717, 1.165) is 38.0 Å². The van der Waals surface area contributed by atoms with Gasteiger partial charge in [0.1, 0.15) is 18.3 Å². The third kappa shape index (κ3) is 4.78. The number of hydrogen-bond acceptors (Lipinski definition) is 11. The largest absolute Gasteiger partial charge is 0.387 e. The van der Waals surface area contributed by atoms with Gasteiger partial charge in [0.2, 0.25) is 5.95 Å². The van der Waals surface area contributed by atoms with Gasteiger partial charge in [-0.15, -0.1) is 0 Å². The van der Waals surface area contributed by atoms with E-state index in [1.807, 2.05) is 6.92 Å². The van der Waals surface area contributed by atoms with Crippen molar-refractivity contribution in [2.45, 2.75) is 83.1 Å². The van der Waals surface area contributed by atoms with Crippen LogP contribution in [0.25, 0.3) is 11.2 Å². The van der Waals surface area contributed by atoms with Crippen LogP contribution in [0.3, 0.4) is 0 Å². The Balaban J connectivity index is 1.52. The molecule has 3 aromatic rings. The Hall–Kier alpha value is -2.80. The quantitative estimate of drug-likeness (QED) is 0.387. The minimum absolute atomic E-state index is 0.239. The number of rotatable bonds is 9. The number of fused-ring (bicyclic) bond motifs is 1. The van der Waals surface area contributed by atoms with Crippen molar-refractivity contribution >= 4 is 22.9 Å². The van der Waals surface area contributed by atoms with Gasteiger partial charge in [-0.3, -0.25) is 4.57 Å². The first-order chi connectivity index (χ1) is 17.8. The maximum Gasteiger partial charge on any atom is 0.229 e. The van der Waals surface area contributed by atoms with Gasteiger partial charge in [0, 0.05) is 31.2 Å². The molecular formula is C25H38N8O4. The first-order valence-electron chi connectivity index (χ1n) is 13.2. The Bertz CT molecular complexity index is 1210. The Labute approximate surface area is 216 Å². The summed E-state index contributed by atoms with van der Waals surface area (Å²) in [5.41, 5.74) is 1.89. The van der Waals surface area contributed by atoms with Crippen LogP contribution in [0.15, 0.2) is 16.9 Å². The highest BCUT2D eigenvalue weighted by atomic mass is 16.6. The van der Waals surface area contributed by atoms with E-state index in [2.05, 4.69) is 53.2 Å². The second-order valence-electron chi connectivity index (χ2n) is 10.2. The third-order valence-electron chi connectivity index (χ3n) is 7.64. The van der Waals surface area contributed by atoms with Crippen molar-refractivity contribution in [3.63, 3.8) is 0 Å². The van der Waals surface area contributed by atoms with Crippen molar-refractivity contribution in [1.29, 1.82) is 0 Å². The molecule has 0 bridgehead atoms. The minimum atomic E-state index is -1.21. The third-order valence-corrected chi connectivity index (χ3v) is 7.64. The fourth-order valence-corrected chi connectivity index (χ4v) is 5.12. The number of nitrogens with one attached hydrogen (secondary N) is 1. The molecule has 0 amide bonds. The molecule has 0 aromatic carbocycles. The lowest BCUT2D eigenvalue weighted by Gasteiger charge is -2.22. The molecule has 12 nitrogen and oxygen atoms in total. The van der Waals surface area contributed by atoms with Gasteiger partial charge >= 0.3 is 0 Å². The Kier molecular flexibility index (Phi) is 7.35. The van der Waals surface area contributed by atoms with Gasteiger partial charge in [0.25, 0.3) is 0 Å². The van der Waals surface area contributed by atoms with E-state index in [1.165, 1.54) is 0 Å². The summed E-state index contributed by atoms with van der Waals surface area (Å²) in [5, 5.41) is 29.4. The first kappa shape index (κ1) is 25.8. The van der Waals surface area contributed by atoms with Gasteiger partial charge in [-0.05, 0) is 39.8 Å². The number of likely N-dealkylation sites (N-methyl/N-ethyl adjacent to an activating group) is 1. The number of aromatic nitrogens is 5. The van der Waals surface area contributed by atoms with Crippen LogP contribution in [0, 0.1) is 0 Å². The van der Waals surface area contributed by atoms with Gasteiger partial charge in [-0.2, -0.15) is 9.97 Å². The van der Waals surface area contributed by atoms with Crippen LogP contribution in [-0.2, 0) is 11.2 Å². The topological polar surface area (TPSA) is 138 Å². The Morgan fingerprint density at radius 1 is 1.16 bits per heavy atom. The molecule has 2 saturated heterocycles. The van der Waals surface area contributed by atoms with Crippen LogP contribution in [-0.4, -0.2) is 91.3 Å². The number of nitrogens with zero attached hydrogens (tertiary/aromatic N) is 7. The van der Waals surface area contributed by atoms with Crippen molar-refractivity contribution in [2.24, 2.45) is 0 Å². The Morgan fingerprint density at radius 2 is 1.95 bits per heavy atom. The summed E-state index contributed by atoms with van der Waals surface area (Å²) in [6.07, 6.45) is 1.04. The van der Waals surface area contributed by atoms with Crippen molar-refractivity contribution in [3.05, 3.63) is 23.8 Å². The monoisotopic (exact) mass is 514 g/mol. The van der Waals surface area contributed by atoms with Crippen LogP contribution in [0.4, 0.5) is 11.8 Å². The van der Waals surface area contributed by atoms with Gasteiger partial charge in [0.05, 0.1) is 12.0 Å². The standard InChI is InChI=1S/C25H38N8O4/c1-6-14(7-2)27-22-18-23(29-25(28-22)32-10-9-16(12-32)31(4)5)33(13-26-18)24-20(35)19(34)21(36-24)17-11-15(8-3)30-37-17/h11,13-14,16,19-21,24,34-35H,6-10,12H2,1-5H3,(H,27,28,29)/t16-,19+,20-,21-,24-/m1/s1. The molecule has 5 rings (SSSR count). The van der Waals surface area contributed by atoms with E-state index >= 15 is 0 Å². The van der Waals surface area contributed by atoms with Crippen molar-refractivity contribution in [2.75, 3.05) is 37.4 Å².